The first-order valence-corrected chi connectivity index (χ1v) is 11.9. The molecule has 3 amide bonds. The van der Waals surface area contributed by atoms with E-state index in [1.165, 1.54) is 21.6 Å². The number of carbonyl (C=O) groups excluding carboxylic acids is 3. The minimum absolute atomic E-state index is 0.150. The molecule has 0 saturated carbocycles. The molecule has 7 nitrogen and oxygen atoms in total. The first-order chi connectivity index (χ1) is 16.4. The molecule has 2 aliphatic rings. The van der Waals surface area contributed by atoms with E-state index in [9.17, 15) is 14.4 Å². The number of nitrogens with one attached hydrogen (secondary N) is 1. The van der Waals surface area contributed by atoms with Crippen molar-refractivity contribution in [3.8, 4) is 5.75 Å². The first kappa shape index (κ1) is 22.3. The van der Waals surface area contributed by atoms with Gasteiger partial charge in [-0.25, -0.2) is 0 Å². The van der Waals surface area contributed by atoms with Gasteiger partial charge in [0.05, 0.1) is 18.6 Å². The molecular formula is C25H20ClN3O4S. The first-order valence-electron chi connectivity index (χ1n) is 10.5. The number of ether oxygens (including phenoxy) is 1. The highest BCUT2D eigenvalue weighted by molar-refractivity contribution is 8.02. The Morgan fingerprint density at radius 3 is 2.47 bits per heavy atom. The van der Waals surface area contributed by atoms with Crippen LogP contribution in [0, 0.1) is 0 Å². The molecule has 0 unspecified atom stereocenters. The van der Waals surface area contributed by atoms with E-state index in [2.05, 4.69) is 5.32 Å². The van der Waals surface area contributed by atoms with E-state index in [4.69, 9.17) is 16.3 Å². The molecule has 0 bridgehead atoms. The molecule has 0 aliphatic carbocycles. The van der Waals surface area contributed by atoms with E-state index >= 15 is 0 Å². The highest BCUT2D eigenvalue weighted by Crippen LogP contribution is 2.55. The third-order valence-corrected chi connectivity index (χ3v) is 7.46. The van der Waals surface area contributed by atoms with E-state index in [0.717, 1.165) is 0 Å². The zero-order chi connectivity index (χ0) is 23.9. The summed E-state index contributed by atoms with van der Waals surface area (Å²) in [6, 6.07) is 21.0. The summed E-state index contributed by atoms with van der Waals surface area (Å²) < 4.78 is 5.23. The van der Waals surface area contributed by atoms with Crippen molar-refractivity contribution in [3.05, 3.63) is 83.4 Å². The lowest BCUT2D eigenvalue weighted by Crippen LogP contribution is -2.50. The van der Waals surface area contributed by atoms with Crippen LogP contribution in [0.1, 0.15) is 5.56 Å². The van der Waals surface area contributed by atoms with Crippen LogP contribution in [-0.2, 0) is 19.3 Å². The fourth-order valence-corrected chi connectivity index (χ4v) is 5.81. The van der Waals surface area contributed by atoms with Crippen molar-refractivity contribution in [1.29, 1.82) is 0 Å². The number of nitrogens with zero attached hydrogens (tertiary/aromatic N) is 2. The van der Waals surface area contributed by atoms with E-state index in [1.807, 2.05) is 18.2 Å². The van der Waals surface area contributed by atoms with Crippen LogP contribution in [0.4, 0.5) is 17.1 Å². The van der Waals surface area contributed by atoms with Gasteiger partial charge in [0.1, 0.15) is 12.3 Å². The van der Waals surface area contributed by atoms with Gasteiger partial charge in [0.25, 0.3) is 5.91 Å². The van der Waals surface area contributed by atoms with Crippen LogP contribution in [0.5, 0.6) is 5.75 Å². The van der Waals surface area contributed by atoms with Gasteiger partial charge in [0.15, 0.2) is 0 Å². The average Bonchev–Trinajstić information content (AvgIpc) is 3.31. The van der Waals surface area contributed by atoms with E-state index < -0.39 is 4.87 Å². The Balaban J connectivity index is 1.50. The predicted octanol–water partition coefficient (Wildman–Crippen LogP) is 4.27. The van der Waals surface area contributed by atoms with Gasteiger partial charge in [-0.05, 0) is 54.6 Å². The molecule has 0 aromatic heterocycles. The van der Waals surface area contributed by atoms with Gasteiger partial charge in [-0.3, -0.25) is 24.2 Å². The lowest BCUT2D eigenvalue weighted by molar-refractivity contribution is -0.124. The Morgan fingerprint density at radius 2 is 1.76 bits per heavy atom. The number of hydrogen-bond acceptors (Lipinski definition) is 5. The van der Waals surface area contributed by atoms with Crippen LogP contribution in [0.25, 0.3) is 0 Å². The summed E-state index contributed by atoms with van der Waals surface area (Å²) in [6.45, 7) is -0.189. The van der Waals surface area contributed by atoms with Gasteiger partial charge in [-0.1, -0.05) is 29.8 Å². The van der Waals surface area contributed by atoms with Crippen molar-refractivity contribution in [1.82, 2.24) is 0 Å². The van der Waals surface area contributed by atoms with Crippen molar-refractivity contribution in [2.45, 2.75) is 4.87 Å². The summed E-state index contributed by atoms with van der Waals surface area (Å²) in [6.07, 6.45) is 0. The van der Waals surface area contributed by atoms with Crippen LogP contribution in [0.15, 0.2) is 72.8 Å². The second-order valence-electron chi connectivity index (χ2n) is 7.82. The van der Waals surface area contributed by atoms with Gasteiger partial charge in [-0.15, -0.1) is 11.8 Å². The number of rotatable bonds is 5. The molecular weight excluding hydrogens is 474 g/mol. The number of para-hydroxylation sites is 1. The molecule has 2 aliphatic heterocycles. The number of methoxy groups -OCH3 is 1. The summed E-state index contributed by atoms with van der Waals surface area (Å²) in [7, 11) is 1.57. The summed E-state index contributed by atoms with van der Waals surface area (Å²) in [5.74, 6) is -0.0577. The second-order valence-corrected chi connectivity index (χ2v) is 9.43. The fourth-order valence-electron chi connectivity index (χ4n) is 4.32. The molecule has 2 heterocycles. The number of benzene rings is 3. The maximum absolute atomic E-state index is 14.0. The Labute approximate surface area is 205 Å². The summed E-state index contributed by atoms with van der Waals surface area (Å²) in [4.78, 5) is 41.6. The summed E-state index contributed by atoms with van der Waals surface area (Å²) >= 11 is 7.18. The molecule has 3 aromatic rings. The Morgan fingerprint density at radius 1 is 1.06 bits per heavy atom. The van der Waals surface area contributed by atoms with Crippen molar-refractivity contribution >= 4 is 58.1 Å². The fraction of sp³-hybridized carbons (Fsp3) is 0.160. The smallest absolute Gasteiger partial charge is 0.269 e. The molecule has 1 saturated heterocycles. The normalized spacial score (nSPS) is 19.0. The van der Waals surface area contributed by atoms with Crippen LogP contribution < -0.4 is 19.9 Å². The number of anilines is 3. The van der Waals surface area contributed by atoms with Crippen molar-refractivity contribution < 1.29 is 19.1 Å². The van der Waals surface area contributed by atoms with Crippen LogP contribution in [0.2, 0.25) is 5.02 Å². The van der Waals surface area contributed by atoms with Gasteiger partial charge in [-0.2, -0.15) is 0 Å². The molecule has 1 N–H and O–H groups in total. The molecule has 5 rings (SSSR count). The lowest BCUT2D eigenvalue weighted by atomic mass is 10.0. The standard InChI is InChI=1S/C25H20ClN3O4S/c1-33-19-12-10-18(11-13-19)29-23(31)15-34-25(29)20-4-2-3-5-21(20)28(24(25)32)14-22(30)27-17-8-6-16(26)7-9-17/h2-13H,14-15H2,1H3,(H,27,30)/t25-/m0/s1. The molecule has 1 spiro atoms. The Kier molecular flexibility index (Phi) is 5.71. The second kappa shape index (κ2) is 8.70. The van der Waals surface area contributed by atoms with Crippen LogP contribution in [-0.4, -0.2) is 37.1 Å². The predicted molar refractivity (Wildman–Crippen MR) is 133 cm³/mol. The average molecular weight is 494 g/mol. The van der Waals surface area contributed by atoms with Gasteiger partial charge in [0.2, 0.25) is 16.7 Å². The van der Waals surface area contributed by atoms with Crippen molar-refractivity contribution in [2.24, 2.45) is 0 Å². The van der Waals surface area contributed by atoms with E-state index in [-0.39, 0.29) is 30.0 Å². The number of halogens is 1. The number of fused-ring (bicyclic) bond motifs is 2. The number of hydrogen-bond donors (Lipinski definition) is 1. The maximum Gasteiger partial charge on any atom is 0.269 e. The highest BCUT2D eigenvalue weighted by Gasteiger charge is 2.61. The lowest BCUT2D eigenvalue weighted by Gasteiger charge is -2.33. The molecule has 0 radical (unpaired) electrons. The van der Waals surface area contributed by atoms with Crippen LogP contribution >= 0.6 is 23.4 Å². The zero-order valence-electron chi connectivity index (χ0n) is 18.2. The quantitative estimate of drug-likeness (QED) is 0.574. The zero-order valence-corrected chi connectivity index (χ0v) is 19.7. The van der Waals surface area contributed by atoms with Crippen LogP contribution in [0.3, 0.4) is 0 Å². The Bertz CT molecular complexity index is 1280. The maximum atomic E-state index is 14.0. The van der Waals surface area contributed by atoms with Gasteiger partial charge in [0, 0.05) is 22.0 Å². The third-order valence-electron chi connectivity index (χ3n) is 5.82. The van der Waals surface area contributed by atoms with Crippen molar-refractivity contribution in [3.63, 3.8) is 0 Å². The summed E-state index contributed by atoms with van der Waals surface area (Å²) in [5.41, 5.74) is 2.46. The highest BCUT2D eigenvalue weighted by atomic mass is 35.5. The third kappa shape index (κ3) is 3.59. The Hall–Kier alpha value is -3.49. The monoisotopic (exact) mass is 493 g/mol. The largest absolute Gasteiger partial charge is 0.497 e. The number of carbonyl (C=O) groups is 3. The SMILES string of the molecule is COc1ccc(N2C(=O)CS[C@@]23C(=O)N(CC(=O)Nc2ccc(Cl)cc2)c2ccccc23)cc1. The van der Waals surface area contributed by atoms with Gasteiger partial charge < -0.3 is 10.1 Å². The van der Waals surface area contributed by atoms with Crippen molar-refractivity contribution in [2.75, 3.05) is 34.5 Å². The van der Waals surface area contributed by atoms with Gasteiger partial charge >= 0.3 is 0 Å². The number of amides is 3. The molecule has 3 aromatic carbocycles. The summed E-state index contributed by atoms with van der Waals surface area (Å²) in [5, 5.41) is 3.36. The topological polar surface area (TPSA) is 79.0 Å². The molecule has 1 fully saturated rings. The molecule has 172 valence electrons. The van der Waals surface area contributed by atoms with E-state index in [1.54, 1.807) is 61.7 Å². The minimum atomic E-state index is -1.27. The molecule has 34 heavy (non-hydrogen) atoms. The molecule has 9 heteroatoms. The van der Waals surface area contributed by atoms with E-state index in [0.29, 0.717) is 33.4 Å². The minimum Gasteiger partial charge on any atom is -0.497 e. The number of thioether (sulfide) groups is 1. The molecule has 1 atom stereocenters.